The first-order valence-corrected chi connectivity index (χ1v) is 6.72. The Balaban J connectivity index is 2.50. The van der Waals surface area contributed by atoms with Gasteiger partial charge in [-0.05, 0) is 24.6 Å². The molecule has 0 saturated carbocycles. The molecule has 0 aliphatic heterocycles. The summed E-state index contributed by atoms with van der Waals surface area (Å²) in [6, 6.07) is 8.28. The summed E-state index contributed by atoms with van der Waals surface area (Å²) in [6.07, 6.45) is 0. The zero-order chi connectivity index (χ0) is 14.3. The van der Waals surface area contributed by atoms with Crippen molar-refractivity contribution in [1.82, 2.24) is 10.2 Å². The van der Waals surface area contributed by atoms with E-state index < -0.39 is 0 Å². The summed E-state index contributed by atoms with van der Waals surface area (Å²) in [4.78, 5) is 13.3. The number of likely N-dealkylation sites (N-methyl/N-ethyl adjacent to an activating group) is 1. The number of carbonyl (C=O) groups is 1. The molecule has 0 fully saturated rings. The van der Waals surface area contributed by atoms with Crippen LogP contribution in [0, 0.1) is 0 Å². The average Bonchev–Trinajstić information content (AvgIpc) is 2.42. The van der Waals surface area contributed by atoms with E-state index in [9.17, 15) is 4.79 Å². The highest BCUT2D eigenvalue weighted by Gasteiger charge is 2.07. The second-order valence-electron chi connectivity index (χ2n) is 4.88. The molecule has 19 heavy (non-hydrogen) atoms. The fraction of sp³-hybridized carbons (Fsp3) is 0.533. The number of nitrogens with one attached hydrogen (secondary N) is 1. The Labute approximate surface area is 115 Å². The van der Waals surface area contributed by atoms with Gasteiger partial charge in [-0.1, -0.05) is 26.0 Å². The fourth-order valence-corrected chi connectivity index (χ4v) is 1.50. The third kappa shape index (κ3) is 5.75. The van der Waals surface area contributed by atoms with Gasteiger partial charge in [0, 0.05) is 26.2 Å². The molecule has 0 heterocycles. The predicted molar refractivity (Wildman–Crippen MR) is 77.2 cm³/mol. The minimum absolute atomic E-state index is 0.00629. The summed E-state index contributed by atoms with van der Waals surface area (Å²) < 4.78 is 5.52. The van der Waals surface area contributed by atoms with Crippen molar-refractivity contribution in [3.05, 3.63) is 29.8 Å². The quantitative estimate of drug-likeness (QED) is 0.819. The molecule has 0 spiro atoms. The molecule has 0 aromatic heterocycles. The summed E-state index contributed by atoms with van der Waals surface area (Å²) in [6.45, 7) is 7.75. The monoisotopic (exact) mass is 264 g/mol. The van der Waals surface area contributed by atoms with Crippen LogP contribution in [0.1, 0.15) is 26.3 Å². The van der Waals surface area contributed by atoms with Crippen LogP contribution in [-0.4, -0.2) is 37.0 Å². The van der Waals surface area contributed by atoms with Crippen LogP contribution in [0.4, 0.5) is 0 Å². The summed E-state index contributed by atoms with van der Waals surface area (Å²) >= 11 is 0. The van der Waals surface area contributed by atoms with Crippen LogP contribution in [0.2, 0.25) is 0 Å². The molecule has 0 aliphatic carbocycles. The van der Waals surface area contributed by atoms with E-state index in [1.807, 2.05) is 31.2 Å². The van der Waals surface area contributed by atoms with E-state index in [4.69, 9.17) is 4.74 Å². The molecular formula is C15H24N2O2. The number of carbonyl (C=O) groups excluding carboxylic acids is 1. The van der Waals surface area contributed by atoms with Crippen LogP contribution in [0.15, 0.2) is 24.3 Å². The maximum Gasteiger partial charge on any atom is 0.260 e. The standard InChI is InChI=1S/C15H24N2O2/c1-5-17(4)15(18)11-19-14-8-6-7-13(9-14)10-16-12(2)3/h6-9,12,16H,5,10-11H2,1-4H3. The van der Waals surface area contributed by atoms with Crippen molar-refractivity contribution in [3.63, 3.8) is 0 Å². The Morgan fingerprint density at radius 2 is 2.16 bits per heavy atom. The van der Waals surface area contributed by atoms with Crippen molar-refractivity contribution in [1.29, 1.82) is 0 Å². The number of benzene rings is 1. The predicted octanol–water partition coefficient (Wildman–Crippen LogP) is 2.04. The molecule has 4 heteroatoms. The van der Waals surface area contributed by atoms with Crippen molar-refractivity contribution < 1.29 is 9.53 Å². The van der Waals surface area contributed by atoms with Gasteiger partial charge in [-0.25, -0.2) is 0 Å². The van der Waals surface area contributed by atoms with Crippen molar-refractivity contribution in [2.24, 2.45) is 0 Å². The minimum Gasteiger partial charge on any atom is -0.484 e. The molecule has 1 aromatic carbocycles. The number of nitrogens with zero attached hydrogens (tertiary/aromatic N) is 1. The van der Waals surface area contributed by atoms with Crippen LogP contribution in [0.3, 0.4) is 0 Å². The first-order chi connectivity index (χ1) is 9.02. The molecule has 0 atom stereocenters. The topological polar surface area (TPSA) is 41.6 Å². The maximum absolute atomic E-state index is 11.6. The highest BCUT2D eigenvalue weighted by atomic mass is 16.5. The fourth-order valence-electron chi connectivity index (χ4n) is 1.50. The van der Waals surface area contributed by atoms with Crippen LogP contribution >= 0.6 is 0 Å². The Morgan fingerprint density at radius 1 is 1.42 bits per heavy atom. The van der Waals surface area contributed by atoms with Gasteiger partial charge in [0.1, 0.15) is 5.75 Å². The molecule has 1 aromatic rings. The molecule has 106 valence electrons. The van der Waals surface area contributed by atoms with Crippen molar-refractivity contribution in [3.8, 4) is 5.75 Å². The third-order valence-corrected chi connectivity index (χ3v) is 2.88. The van der Waals surface area contributed by atoms with E-state index in [-0.39, 0.29) is 12.5 Å². The second kappa shape index (κ2) is 7.79. The number of hydrogen-bond acceptors (Lipinski definition) is 3. The largest absolute Gasteiger partial charge is 0.484 e. The van der Waals surface area contributed by atoms with E-state index in [0.717, 1.165) is 17.9 Å². The summed E-state index contributed by atoms with van der Waals surface area (Å²) in [5.74, 6) is 0.731. The number of ether oxygens (including phenoxy) is 1. The van der Waals surface area contributed by atoms with Crippen molar-refractivity contribution in [2.75, 3.05) is 20.2 Å². The highest BCUT2D eigenvalue weighted by Crippen LogP contribution is 2.13. The lowest BCUT2D eigenvalue weighted by Crippen LogP contribution is -2.31. The van der Waals surface area contributed by atoms with Crippen LogP contribution in [0.5, 0.6) is 5.75 Å². The van der Waals surface area contributed by atoms with Crippen molar-refractivity contribution in [2.45, 2.75) is 33.4 Å². The Kier molecular flexibility index (Phi) is 6.36. The number of amides is 1. The Bertz CT molecular complexity index is 405. The van der Waals surface area contributed by atoms with E-state index >= 15 is 0 Å². The summed E-state index contributed by atoms with van der Waals surface area (Å²) in [5, 5.41) is 3.35. The van der Waals surface area contributed by atoms with Gasteiger partial charge < -0.3 is 15.0 Å². The first kappa shape index (κ1) is 15.5. The second-order valence-corrected chi connectivity index (χ2v) is 4.88. The zero-order valence-electron chi connectivity index (χ0n) is 12.3. The molecular weight excluding hydrogens is 240 g/mol. The Morgan fingerprint density at radius 3 is 2.79 bits per heavy atom. The minimum atomic E-state index is -0.00629. The SMILES string of the molecule is CCN(C)C(=O)COc1cccc(CNC(C)C)c1. The third-order valence-electron chi connectivity index (χ3n) is 2.88. The van der Waals surface area contributed by atoms with Gasteiger partial charge in [0.25, 0.3) is 5.91 Å². The molecule has 1 N–H and O–H groups in total. The van der Waals surface area contributed by atoms with Crippen LogP contribution < -0.4 is 10.1 Å². The molecule has 0 saturated heterocycles. The summed E-state index contributed by atoms with van der Waals surface area (Å²) in [5.41, 5.74) is 1.16. The van der Waals surface area contributed by atoms with Crippen molar-refractivity contribution >= 4 is 5.91 Å². The average molecular weight is 264 g/mol. The van der Waals surface area contributed by atoms with E-state index in [1.165, 1.54) is 0 Å². The smallest absolute Gasteiger partial charge is 0.260 e. The normalized spacial score (nSPS) is 10.6. The molecule has 0 aliphatic rings. The lowest BCUT2D eigenvalue weighted by Gasteiger charge is -2.15. The first-order valence-electron chi connectivity index (χ1n) is 6.72. The molecule has 0 bridgehead atoms. The molecule has 0 radical (unpaired) electrons. The van der Waals surface area contributed by atoms with Gasteiger partial charge in [0.2, 0.25) is 0 Å². The van der Waals surface area contributed by atoms with Gasteiger partial charge in [-0.3, -0.25) is 4.79 Å². The maximum atomic E-state index is 11.6. The van der Waals surface area contributed by atoms with E-state index in [1.54, 1.807) is 11.9 Å². The Hall–Kier alpha value is -1.55. The molecule has 0 unspecified atom stereocenters. The number of rotatable bonds is 7. The van der Waals surface area contributed by atoms with Crippen LogP contribution in [-0.2, 0) is 11.3 Å². The number of hydrogen-bond donors (Lipinski definition) is 1. The zero-order valence-corrected chi connectivity index (χ0v) is 12.3. The highest BCUT2D eigenvalue weighted by molar-refractivity contribution is 5.77. The van der Waals surface area contributed by atoms with E-state index in [2.05, 4.69) is 19.2 Å². The summed E-state index contributed by atoms with van der Waals surface area (Å²) in [7, 11) is 1.77. The van der Waals surface area contributed by atoms with Gasteiger partial charge in [-0.2, -0.15) is 0 Å². The lowest BCUT2D eigenvalue weighted by molar-refractivity contribution is -0.131. The molecule has 1 amide bonds. The van der Waals surface area contributed by atoms with Gasteiger partial charge in [-0.15, -0.1) is 0 Å². The molecule has 4 nitrogen and oxygen atoms in total. The van der Waals surface area contributed by atoms with E-state index in [0.29, 0.717) is 12.6 Å². The van der Waals surface area contributed by atoms with Gasteiger partial charge >= 0.3 is 0 Å². The van der Waals surface area contributed by atoms with Crippen LogP contribution in [0.25, 0.3) is 0 Å². The van der Waals surface area contributed by atoms with Gasteiger partial charge in [0.05, 0.1) is 0 Å². The molecule has 1 rings (SSSR count). The van der Waals surface area contributed by atoms with Gasteiger partial charge in [0.15, 0.2) is 6.61 Å². The lowest BCUT2D eigenvalue weighted by atomic mass is 10.2.